The largest absolute Gasteiger partial charge is 0.437 e. The van der Waals surface area contributed by atoms with Crippen LogP contribution in [-0.4, -0.2) is 53.5 Å². The molecule has 0 saturated carbocycles. The minimum absolute atomic E-state index is 0.172. The number of methoxy groups -OCH3 is 1. The van der Waals surface area contributed by atoms with Crippen LogP contribution in [0.1, 0.15) is 30.4 Å². The second kappa shape index (κ2) is 12.2. The van der Waals surface area contributed by atoms with Gasteiger partial charge in [0.25, 0.3) is 0 Å². The molecule has 2 N–H and O–H groups in total. The predicted octanol–water partition coefficient (Wildman–Crippen LogP) is 6.47. The zero-order valence-corrected chi connectivity index (χ0v) is 22.5. The van der Waals surface area contributed by atoms with Crippen LogP contribution < -0.4 is 15.4 Å². The molecular formula is C30H32F3N5O2. The minimum atomic E-state index is -4.41. The van der Waals surface area contributed by atoms with E-state index < -0.39 is 12.3 Å². The molecule has 0 aliphatic carbocycles. The van der Waals surface area contributed by atoms with Crippen molar-refractivity contribution < 1.29 is 22.6 Å². The van der Waals surface area contributed by atoms with Gasteiger partial charge in [-0.3, -0.25) is 0 Å². The molecule has 3 heterocycles. The number of hydrogen-bond acceptors (Lipinski definition) is 7. The summed E-state index contributed by atoms with van der Waals surface area (Å²) in [6.45, 7) is 3.81. The van der Waals surface area contributed by atoms with Crippen molar-refractivity contribution in [2.45, 2.75) is 50.9 Å². The van der Waals surface area contributed by atoms with Crippen molar-refractivity contribution >= 4 is 16.7 Å². The Kier molecular flexibility index (Phi) is 8.46. The van der Waals surface area contributed by atoms with E-state index >= 15 is 0 Å². The number of piperidine rings is 1. The topological polar surface area (TPSA) is 81.2 Å². The highest BCUT2D eigenvalue weighted by Gasteiger charge is 2.39. The molecule has 1 aliphatic rings. The molecule has 2 atom stereocenters. The standard InChI is InChI=1S/C30H32F3N5O2/c1-19-10-12-22-20(11-13-26(39-2)30(31,32)33)6-3-8-23(22)27(19)40-28-24(9-5-16-35-28)25-14-17-36-29(38-25)37-21-7-4-15-34-18-21/h3,5-6,8-10,12,14,16-17,21,26,34H,4,7,11,13,15,18H2,1-2H3,(H,36,37,38)/t21-,26-/m0/s1. The number of rotatable bonds is 9. The van der Waals surface area contributed by atoms with Crippen molar-refractivity contribution in [3.05, 3.63) is 72.1 Å². The van der Waals surface area contributed by atoms with Crippen molar-refractivity contribution in [3.63, 3.8) is 0 Å². The molecule has 210 valence electrons. The fraction of sp³-hybridized carbons (Fsp3) is 0.367. The number of ether oxygens (including phenoxy) is 2. The number of nitrogens with zero attached hydrogens (tertiary/aromatic N) is 3. The summed E-state index contributed by atoms with van der Waals surface area (Å²) in [7, 11) is 1.09. The Morgan fingerprint density at radius 2 is 1.93 bits per heavy atom. The van der Waals surface area contributed by atoms with Crippen LogP contribution in [0.5, 0.6) is 11.6 Å². The summed E-state index contributed by atoms with van der Waals surface area (Å²) in [6.07, 6.45) is -0.687. The molecule has 0 radical (unpaired) electrons. The lowest BCUT2D eigenvalue weighted by Gasteiger charge is -2.23. The second-order valence-corrected chi connectivity index (χ2v) is 9.94. The minimum Gasteiger partial charge on any atom is -0.437 e. The monoisotopic (exact) mass is 551 g/mol. The van der Waals surface area contributed by atoms with Gasteiger partial charge in [0.05, 0.1) is 11.3 Å². The van der Waals surface area contributed by atoms with Gasteiger partial charge in [0.2, 0.25) is 11.8 Å². The number of benzene rings is 2. The van der Waals surface area contributed by atoms with Crippen LogP contribution in [-0.2, 0) is 11.2 Å². The summed E-state index contributed by atoms with van der Waals surface area (Å²) in [6, 6.07) is 15.2. The van der Waals surface area contributed by atoms with Gasteiger partial charge in [-0.1, -0.05) is 30.3 Å². The van der Waals surface area contributed by atoms with E-state index in [1.54, 1.807) is 12.4 Å². The van der Waals surface area contributed by atoms with Crippen LogP contribution in [0.15, 0.2) is 60.9 Å². The molecule has 0 unspecified atom stereocenters. The number of hydrogen-bond donors (Lipinski definition) is 2. The van der Waals surface area contributed by atoms with Crippen molar-refractivity contribution in [2.24, 2.45) is 0 Å². The summed E-state index contributed by atoms with van der Waals surface area (Å²) in [5.41, 5.74) is 3.04. The Morgan fingerprint density at radius 3 is 2.70 bits per heavy atom. The maximum absolute atomic E-state index is 13.2. The van der Waals surface area contributed by atoms with E-state index in [9.17, 15) is 13.2 Å². The highest BCUT2D eigenvalue weighted by Crippen LogP contribution is 2.38. The lowest BCUT2D eigenvalue weighted by Crippen LogP contribution is -2.38. The Balaban J connectivity index is 1.44. The molecule has 2 aromatic heterocycles. The second-order valence-electron chi connectivity index (χ2n) is 9.94. The molecule has 1 aliphatic heterocycles. The first kappa shape index (κ1) is 27.8. The van der Waals surface area contributed by atoms with Crippen LogP contribution in [0, 0.1) is 6.92 Å². The average molecular weight is 552 g/mol. The Hall–Kier alpha value is -3.76. The van der Waals surface area contributed by atoms with E-state index in [4.69, 9.17) is 14.5 Å². The van der Waals surface area contributed by atoms with Gasteiger partial charge in [-0.15, -0.1) is 0 Å². The summed E-state index contributed by atoms with van der Waals surface area (Å²) >= 11 is 0. The van der Waals surface area contributed by atoms with E-state index in [1.807, 2.05) is 55.5 Å². The quantitative estimate of drug-likeness (QED) is 0.247. The average Bonchev–Trinajstić information content (AvgIpc) is 2.95. The van der Waals surface area contributed by atoms with E-state index in [1.165, 1.54) is 0 Å². The highest BCUT2D eigenvalue weighted by molar-refractivity contribution is 5.92. The van der Waals surface area contributed by atoms with Gasteiger partial charge >= 0.3 is 6.18 Å². The van der Waals surface area contributed by atoms with Gasteiger partial charge in [-0.05, 0) is 73.9 Å². The molecule has 0 amide bonds. The SMILES string of the molecule is CO[C@@H](CCc1cccc2c(Oc3ncccc3-c3ccnc(N[C@H]4CCCNC4)n3)c(C)ccc12)C(F)(F)F. The summed E-state index contributed by atoms with van der Waals surface area (Å²) in [5, 5.41) is 8.41. The molecule has 7 nitrogen and oxygen atoms in total. The number of nitrogens with one attached hydrogen (secondary N) is 2. The molecule has 1 fully saturated rings. The predicted molar refractivity (Wildman–Crippen MR) is 149 cm³/mol. The third-order valence-corrected chi connectivity index (χ3v) is 7.16. The molecule has 4 aromatic rings. The van der Waals surface area contributed by atoms with Gasteiger partial charge in [-0.2, -0.15) is 13.2 Å². The maximum Gasteiger partial charge on any atom is 0.414 e. The van der Waals surface area contributed by atoms with Crippen LogP contribution >= 0.6 is 0 Å². The van der Waals surface area contributed by atoms with Gasteiger partial charge in [-0.25, -0.2) is 15.0 Å². The van der Waals surface area contributed by atoms with Gasteiger partial charge < -0.3 is 20.1 Å². The molecule has 40 heavy (non-hydrogen) atoms. The van der Waals surface area contributed by atoms with Crippen LogP contribution in [0.3, 0.4) is 0 Å². The zero-order valence-electron chi connectivity index (χ0n) is 22.5. The van der Waals surface area contributed by atoms with Crippen molar-refractivity contribution in [1.82, 2.24) is 20.3 Å². The lowest BCUT2D eigenvalue weighted by molar-refractivity contribution is -0.214. The summed E-state index contributed by atoms with van der Waals surface area (Å²) in [4.78, 5) is 13.6. The molecule has 0 spiro atoms. The first-order chi connectivity index (χ1) is 19.3. The molecule has 2 aromatic carbocycles. The molecule has 10 heteroatoms. The number of aromatic nitrogens is 3. The Bertz CT molecular complexity index is 1460. The van der Waals surface area contributed by atoms with Gasteiger partial charge in [0.15, 0.2) is 6.10 Å². The normalized spacial score (nSPS) is 16.6. The lowest BCUT2D eigenvalue weighted by atomic mass is 9.97. The van der Waals surface area contributed by atoms with Crippen LogP contribution in [0.4, 0.5) is 19.1 Å². The maximum atomic E-state index is 13.2. The molecule has 5 rings (SSSR count). The zero-order chi connectivity index (χ0) is 28.1. The number of aryl methyl sites for hydroxylation is 2. The first-order valence-electron chi connectivity index (χ1n) is 13.4. The smallest absolute Gasteiger partial charge is 0.414 e. The van der Waals surface area contributed by atoms with E-state index in [0.717, 1.165) is 54.9 Å². The summed E-state index contributed by atoms with van der Waals surface area (Å²) in [5.74, 6) is 1.52. The third-order valence-electron chi connectivity index (χ3n) is 7.16. The van der Waals surface area contributed by atoms with Crippen LogP contribution in [0.25, 0.3) is 22.0 Å². The first-order valence-corrected chi connectivity index (χ1v) is 13.4. The number of anilines is 1. The third kappa shape index (κ3) is 6.34. The van der Waals surface area contributed by atoms with Crippen molar-refractivity contribution in [2.75, 3.05) is 25.5 Å². The van der Waals surface area contributed by atoms with Gasteiger partial charge in [0.1, 0.15) is 5.75 Å². The van der Waals surface area contributed by atoms with E-state index in [0.29, 0.717) is 28.8 Å². The summed E-state index contributed by atoms with van der Waals surface area (Å²) < 4.78 is 50.9. The Labute approximate surface area is 231 Å². The number of alkyl halides is 3. The Morgan fingerprint density at radius 1 is 1.05 bits per heavy atom. The number of fused-ring (bicyclic) bond motifs is 1. The van der Waals surface area contributed by atoms with Crippen molar-refractivity contribution in [1.29, 1.82) is 0 Å². The highest BCUT2D eigenvalue weighted by atomic mass is 19.4. The fourth-order valence-electron chi connectivity index (χ4n) is 5.06. The molecule has 0 bridgehead atoms. The fourth-order valence-corrected chi connectivity index (χ4v) is 5.06. The van der Waals surface area contributed by atoms with E-state index in [-0.39, 0.29) is 18.9 Å². The molecule has 1 saturated heterocycles. The molecular weight excluding hydrogens is 519 g/mol. The number of pyridine rings is 1. The number of halogens is 3. The van der Waals surface area contributed by atoms with Gasteiger partial charge in [0, 0.05) is 37.5 Å². The van der Waals surface area contributed by atoms with E-state index in [2.05, 4.69) is 20.6 Å². The van der Waals surface area contributed by atoms with Crippen molar-refractivity contribution in [3.8, 4) is 22.9 Å². The van der Waals surface area contributed by atoms with Crippen LogP contribution in [0.2, 0.25) is 0 Å².